The first-order valence-corrected chi connectivity index (χ1v) is 6.37. The summed E-state index contributed by atoms with van der Waals surface area (Å²) in [6.45, 7) is 3.53. The Morgan fingerprint density at radius 1 is 1.14 bits per heavy atom. The van der Waals surface area contributed by atoms with Crippen molar-refractivity contribution < 1.29 is 19.6 Å². The number of nitro groups is 1. The van der Waals surface area contributed by atoms with Gasteiger partial charge in [-0.3, -0.25) is 10.1 Å². The van der Waals surface area contributed by atoms with Crippen LogP contribution < -0.4 is 4.74 Å². The third kappa shape index (κ3) is 3.56. The molecule has 6 nitrogen and oxygen atoms in total. The number of hydrogen-bond acceptors (Lipinski definition) is 5. The monoisotopic (exact) mass is 299 g/mol. The van der Waals surface area contributed by atoms with Gasteiger partial charge in [0.2, 0.25) is 0 Å². The van der Waals surface area contributed by atoms with Gasteiger partial charge in [0.1, 0.15) is 11.9 Å². The summed E-state index contributed by atoms with van der Waals surface area (Å²) < 4.78 is 5.07. The van der Waals surface area contributed by atoms with Crippen molar-refractivity contribution in [2.75, 3.05) is 0 Å². The van der Waals surface area contributed by atoms with Gasteiger partial charge in [-0.15, -0.1) is 0 Å². The van der Waals surface area contributed by atoms with E-state index in [2.05, 4.69) is 6.58 Å². The number of benzene rings is 2. The predicted octanol–water partition coefficient (Wildman–Crippen LogP) is 2.79. The molecule has 2 rings (SSSR count). The van der Waals surface area contributed by atoms with E-state index in [0.717, 1.165) is 0 Å². The van der Waals surface area contributed by atoms with Crippen molar-refractivity contribution >= 4 is 11.7 Å². The molecule has 0 aliphatic rings. The van der Waals surface area contributed by atoms with Crippen LogP contribution in [0.5, 0.6) is 5.75 Å². The Hall–Kier alpha value is -2.99. The van der Waals surface area contributed by atoms with Gasteiger partial charge in [0, 0.05) is 12.1 Å². The molecule has 0 heterocycles. The molecule has 6 heteroatoms. The number of aliphatic hydroxyl groups is 1. The lowest BCUT2D eigenvalue weighted by Gasteiger charge is -2.13. The molecule has 0 saturated carbocycles. The Balaban J connectivity index is 2.08. The highest BCUT2D eigenvalue weighted by Gasteiger charge is 2.21. The molecule has 0 aliphatic heterocycles. The average molecular weight is 299 g/mol. The minimum absolute atomic E-state index is 0.103. The van der Waals surface area contributed by atoms with Crippen LogP contribution in [-0.2, 0) is 4.79 Å². The first kappa shape index (κ1) is 15.4. The molecular formula is C16H13NO5. The second-order valence-corrected chi connectivity index (χ2v) is 4.48. The number of ether oxygens (including phenoxy) is 1. The van der Waals surface area contributed by atoms with E-state index in [1.54, 1.807) is 30.3 Å². The first-order chi connectivity index (χ1) is 10.5. The molecule has 2 aromatic carbocycles. The van der Waals surface area contributed by atoms with E-state index < -0.39 is 17.0 Å². The van der Waals surface area contributed by atoms with Crippen molar-refractivity contribution in [2.24, 2.45) is 0 Å². The molecule has 1 N–H and O–H groups in total. The van der Waals surface area contributed by atoms with Gasteiger partial charge >= 0.3 is 5.97 Å². The van der Waals surface area contributed by atoms with Gasteiger partial charge in [-0.05, 0) is 29.8 Å². The molecule has 1 atom stereocenters. The maximum atomic E-state index is 11.9. The molecule has 0 aromatic heterocycles. The van der Waals surface area contributed by atoms with Crippen LogP contribution in [-0.4, -0.2) is 16.0 Å². The van der Waals surface area contributed by atoms with Gasteiger partial charge in [0.15, 0.2) is 0 Å². The summed E-state index contributed by atoms with van der Waals surface area (Å²) in [6.07, 6.45) is -1.29. The maximum absolute atomic E-state index is 11.9. The highest BCUT2D eigenvalue weighted by Crippen LogP contribution is 2.24. The summed E-state index contributed by atoms with van der Waals surface area (Å²) in [5.41, 5.74) is 0.0618. The zero-order valence-electron chi connectivity index (χ0n) is 11.5. The van der Waals surface area contributed by atoms with Gasteiger partial charge < -0.3 is 9.84 Å². The number of rotatable bonds is 5. The van der Waals surface area contributed by atoms with E-state index in [4.69, 9.17) is 4.74 Å². The number of nitrogens with zero attached hydrogens (tertiary/aromatic N) is 1. The molecule has 0 aliphatic carbocycles. The summed E-state index contributed by atoms with van der Waals surface area (Å²) in [6, 6.07) is 13.6. The molecule has 0 radical (unpaired) electrons. The van der Waals surface area contributed by atoms with Crippen molar-refractivity contribution in [3.8, 4) is 5.75 Å². The lowest BCUT2D eigenvalue weighted by Crippen LogP contribution is -2.16. The zero-order valence-corrected chi connectivity index (χ0v) is 11.5. The van der Waals surface area contributed by atoms with E-state index >= 15 is 0 Å². The molecule has 112 valence electrons. The fourth-order valence-corrected chi connectivity index (χ4v) is 1.75. The number of esters is 1. The van der Waals surface area contributed by atoms with Gasteiger partial charge in [0.05, 0.1) is 10.5 Å². The highest BCUT2D eigenvalue weighted by molar-refractivity contribution is 5.90. The lowest BCUT2D eigenvalue weighted by atomic mass is 10.0. The fourth-order valence-electron chi connectivity index (χ4n) is 1.75. The topological polar surface area (TPSA) is 89.7 Å². The third-order valence-electron chi connectivity index (χ3n) is 2.97. The average Bonchev–Trinajstić information content (AvgIpc) is 2.54. The second-order valence-electron chi connectivity index (χ2n) is 4.48. The van der Waals surface area contributed by atoms with Crippen LogP contribution in [0.25, 0.3) is 0 Å². The molecule has 0 spiro atoms. The summed E-state index contributed by atoms with van der Waals surface area (Å²) >= 11 is 0. The van der Waals surface area contributed by atoms with Crippen LogP contribution in [0.2, 0.25) is 0 Å². The molecule has 1 unspecified atom stereocenters. The Morgan fingerprint density at radius 2 is 1.73 bits per heavy atom. The van der Waals surface area contributed by atoms with Crippen molar-refractivity contribution in [3.05, 3.63) is 82.4 Å². The van der Waals surface area contributed by atoms with Crippen molar-refractivity contribution in [3.63, 3.8) is 0 Å². The van der Waals surface area contributed by atoms with Crippen molar-refractivity contribution in [2.45, 2.75) is 6.10 Å². The Kier molecular flexibility index (Phi) is 4.65. The van der Waals surface area contributed by atoms with E-state index in [0.29, 0.717) is 11.3 Å². The Morgan fingerprint density at radius 3 is 2.27 bits per heavy atom. The molecule has 0 fully saturated rings. The normalized spacial score (nSPS) is 11.5. The molecule has 0 amide bonds. The second kappa shape index (κ2) is 6.64. The maximum Gasteiger partial charge on any atom is 0.341 e. The zero-order chi connectivity index (χ0) is 16.1. The minimum Gasteiger partial charge on any atom is -0.423 e. The number of carbonyl (C=O) groups excluding carboxylic acids is 1. The van der Waals surface area contributed by atoms with Crippen molar-refractivity contribution in [1.29, 1.82) is 0 Å². The standard InChI is InChI=1S/C16H13NO5/c1-11(16(19)22-14-5-3-2-4-6-14)15(18)12-7-9-13(10-8-12)17(20)21/h2-10,15,18H,1H2. The van der Waals surface area contributed by atoms with E-state index in [-0.39, 0.29) is 11.3 Å². The summed E-state index contributed by atoms with van der Waals surface area (Å²) in [5, 5.41) is 20.7. The van der Waals surface area contributed by atoms with Gasteiger partial charge in [0.25, 0.3) is 5.69 Å². The third-order valence-corrected chi connectivity index (χ3v) is 2.97. The van der Waals surface area contributed by atoms with Crippen LogP contribution >= 0.6 is 0 Å². The van der Waals surface area contributed by atoms with E-state index in [1.165, 1.54) is 24.3 Å². The van der Waals surface area contributed by atoms with Crippen LogP contribution in [0.4, 0.5) is 5.69 Å². The molecule has 2 aromatic rings. The SMILES string of the molecule is C=C(C(=O)Oc1ccccc1)C(O)c1ccc([N+](=O)[O-])cc1. The lowest BCUT2D eigenvalue weighted by molar-refractivity contribution is -0.384. The summed E-state index contributed by atoms with van der Waals surface area (Å²) in [7, 11) is 0. The Bertz CT molecular complexity index is 694. The molecule has 0 saturated heterocycles. The largest absolute Gasteiger partial charge is 0.423 e. The summed E-state index contributed by atoms with van der Waals surface area (Å²) in [4.78, 5) is 21.9. The van der Waals surface area contributed by atoms with Crippen LogP contribution in [0, 0.1) is 10.1 Å². The number of non-ortho nitro benzene ring substituents is 1. The number of nitro benzene ring substituents is 1. The highest BCUT2D eigenvalue weighted by atomic mass is 16.6. The first-order valence-electron chi connectivity index (χ1n) is 6.37. The fraction of sp³-hybridized carbons (Fsp3) is 0.0625. The number of para-hydroxylation sites is 1. The van der Waals surface area contributed by atoms with E-state index in [9.17, 15) is 20.0 Å². The van der Waals surface area contributed by atoms with Crippen LogP contribution in [0.15, 0.2) is 66.7 Å². The molecule has 0 bridgehead atoms. The van der Waals surface area contributed by atoms with E-state index in [1.807, 2.05) is 0 Å². The predicted molar refractivity (Wildman–Crippen MR) is 79.3 cm³/mol. The van der Waals surface area contributed by atoms with Gasteiger partial charge in [-0.2, -0.15) is 0 Å². The number of carbonyl (C=O) groups is 1. The van der Waals surface area contributed by atoms with Crippen LogP contribution in [0.3, 0.4) is 0 Å². The van der Waals surface area contributed by atoms with Gasteiger partial charge in [-0.1, -0.05) is 24.8 Å². The van der Waals surface area contributed by atoms with Crippen LogP contribution in [0.1, 0.15) is 11.7 Å². The van der Waals surface area contributed by atoms with Crippen molar-refractivity contribution in [1.82, 2.24) is 0 Å². The molecule has 22 heavy (non-hydrogen) atoms. The Labute approximate surface area is 126 Å². The number of aliphatic hydroxyl groups excluding tert-OH is 1. The van der Waals surface area contributed by atoms with Gasteiger partial charge in [-0.25, -0.2) is 4.79 Å². The number of hydrogen-bond donors (Lipinski definition) is 1. The molecular weight excluding hydrogens is 286 g/mol. The quantitative estimate of drug-likeness (QED) is 0.301. The smallest absolute Gasteiger partial charge is 0.341 e. The summed E-state index contributed by atoms with van der Waals surface area (Å²) in [5.74, 6) is -0.429. The minimum atomic E-state index is -1.29.